The van der Waals surface area contributed by atoms with E-state index in [1.54, 1.807) is 12.1 Å². The first kappa shape index (κ1) is 29.1. The lowest BCUT2D eigenvalue weighted by atomic mass is 10.2. The third-order valence-electron chi connectivity index (χ3n) is 5.36. The molecule has 0 aliphatic rings. The first-order valence-electron chi connectivity index (χ1n) is 11.9. The highest BCUT2D eigenvalue weighted by atomic mass is 32.2. The average molecular weight is 539 g/mol. The van der Waals surface area contributed by atoms with E-state index < -0.39 is 32.1 Å². The lowest BCUT2D eigenvalue weighted by Gasteiger charge is -2.10. The first-order chi connectivity index (χ1) is 17.1. The standard InChI is InChI=1S/C24H34N4O6S2/c1-3-19-11-9-13-21(17-19)35(31,32)27-23(29)25-15-7-5-6-8-16-26-24(30)28-36(33,34)22-14-10-12-20(4-2)18-22/h9-14,17-18H,3-8,15-16H2,1-2H3,(H2,25,27,29)(H2,26,28,30). The van der Waals surface area contributed by atoms with Gasteiger partial charge >= 0.3 is 12.1 Å². The third-order valence-corrected chi connectivity index (χ3v) is 8.02. The van der Waals surface area contributed by atoms with E-state index in [-0.39, 0.29) is 9.79 Å². The molecule has 4 N–H and O–H groups in total. The number of amides is 4. The second-order valence-electron chi connectivity index (χ2n) is 8.14. The fraction of sp³-hybridized carbons (Fsp3) is 0.417. The summed E-state index contributed by atoms with van der Waals surface area (Å²) in [6.45, 7) is 4.41. The molecule has 0 saturated carbocycles. The zero-order valence-corrected chi connectivity index (χ0v) is 22.2. The molecule has 0 radical (unpaired) electrons. The normalized spacial score (nSPS) is 11.5. The molecule has 0 spiro atoms. The van der Waals surface area contributed by atoms with E-state index in [9.17, 15) is 26.4 Å². The molecule has 2 aromatic rings. The second kappa shape index (κ2) is 13.8. The van der Waals surface area contributed by atoms with Crippen molar-refractivity contribution in [2.45, 2.75) is 62.2 Å². The molecule has 0 heterocycles. The van der Waals surface area contributed by atoms with Crippen molar-refractivity contribution in [3.8, 4) is 0 Å². The van der Waals surface area contributed by atoms with Crippen molar-refractivity contribution in [3.05, 3.63) is 59.7 Å². The van der Waals surface area contributed by atoms with Gasteiger partial charge in [0, 0.05) is 13.1 Å². The molecule has 4 amide bonds. The van der Waals surface area contributed by atoms with Crippen molar-refractivity contribution in [1.82, 2.24) is 20.1 Å². The van der Waals surface area contributed by atoms with Crippen LogP contribution in [0.3, 0.4) is 0 Å². The number of unbranched alkanes of at least 4 members (excludes halogenated alkanes) is 3. The van der Waals surface area contributed by atoms with Crippen LogP contribution in [-0.2, 0) is 32.9 Å². The summed E-state index contributed by atoms with van der Waals surface area (Å²) < 4.78 is 53.3. The van der Waals surface area contributed by atoms with Crippen LogP contribution in [0.4, 0.5) is 9.59 Å². The number of carbonyl (C=O) groups excluding carboxylic acids is 2. The van der Waals surface area contributed by atoms with E-state index in [1.165, 1.54) is 24.3 Å². The van der Waals surface area contributed by atoms with Crippen LogP contribution in [0.25, 0.3) is 0 Å². The van der Waals surface area contributed by atoms with Crippen molar-refractivity contribution in [2.75, 3.05) is 13.1 Å². The Hall–Kier alpha value is -3.12. The minimum absolute atomic E-state index is 0.0378. The van der Waals surface area contributed by atoms with Gasteiger partial charge in [0.05, 0.1) is 9.79 Å². The number of urea groups is 2. The Morgan fingerprint density at radius 3 is 1.39 bits per heavy atom. The summed E-state index contributed by atoms with van der Waals surface area (Å²) in [5, 5.41) is 5.04. The molecule has 36 heavy (non-hydrogen) atoms. The minimum atomic E-state index is -3.94. The van der Waals surface area contributed by atoms with Crippen LogP contribution in [0.1, 0.15) is 50.7 Å². The molecule has 12 heteroatoms. The molecular weight excluding hydrogens is 504 g/mol. The van der Waals surface area contributed by atoms with Crippen molar-refractivity contribution in [3.63, 3.8) is 0 Å². The predicted molar refractivity (Wildman–Crippen MR) is 138 cm³/mol. The maximum atomic E-state index is 12.3. The molecule has 0 unspecified atom stereocenters. The van der Waals surface area contributed by atoms with E-state index in [0.29, 0.717) is 38.8 Å². The van der Waals surface area contributed by atoms with Gasteiger partial charge < -0.3 is 10.6 Å². The molecule has 0 bridgehead atoms. The number of carbonyl (C=O) groups is 2. The molecule has 2 rings (SSSR count). The quantitative estimate of drug-likeness (QED) is 0.288. The van der Waals surface area contributed by atoms with Gasteiger partial charge in [-0.05, 0) is 61.1 Å². The third kappa shape index (κ3) is 9.50. The average Bonchev–Trinajstić information content (AvgIpc) is 2.85. The Labute approximate surface area is 213 Å². The lowest BCUT2D eigenvalue weighted by Crippen LogP contribution is -2.40. The smallest absolute Gasteiger partial charge is 0.328 e. The van der Waals surface area contributed by atoms with Crippen LogP contribution in [0.2, 0.25) is 0 Å². The lowest BCUT2D eigenvalue weighted by molar-refractivity contribution is 0.244. The molecular formula is C24H34N4O6S2. The maximum Gasteiger partial charge on any atom is 0.328 e. The topological polar surface area (TPSA) is 151 Å². The number of nitrogens with one attached hydrogen (secondary N) is 4. The van der Waals surface area contributed by atoms with Crippen LogP contribution in [0.5, 0.6) is 0 Å². The molecule has 0 fully saturated rings. The highest BCUT2D eigenvalue weighted by Gasteiger charge is 2.18. The number of hydrogen-bond donors (Lipinski definition) is 4. The monoisotopic (exact) mass is 538 g/mol. The van der Waals surface area contributed by atoms with E-state index in [0.717, 1.165) is 24.0 Å². The number of aryl methyl sites for hydroxylation is 2. The van der Waals surface area contributed by atoms with Crippen LogP contribution in [0.15, 0.2) is 58.3 Å². The van der Waals surface area contributed by atoms with Gasteiger partial charge in [0.25, 0.3) is 20.0 Å². The SMILES string of the molecule is CCc1cccc(S(=O)(=O)NC(=O)NCCCCCCNC(=O)NS(=O)(=O)c2cccc(CC)c2)c1. The number of benzene rings is 2. The van der Waals surface area contributed by atoms with Gasteiger partial charge in [-0.1, -0.05) is 51.0 Å². The molecule has 0 aromatic heterocycles. The summed E-state index contributed by atoms with van der Waals surface area (Å²) in [5.74, 6) is 0. The summed E-state index contributed by atoms with van der Waals surface area (Å²) in [5.41, 5.74) is 1.71. The van der Waals surface area contributed by atoms with Gasteiger partial charge in [0.2, 0.25) is 0 Å². The minimum Gasteiger partial charge on any atom is -0.337 e. The van der Waals surface area contributed by atoms with Crippen LogP contribution in [0, 0.1) is 0 Å². The highest BCUT2D eigenvalue weighted by Crippen LogP contribution is 2.13. The Morgan fingerprint density at radius 1 is 0.639 bits per heavy atom. The van der Waals surface area contributed by atoms with Crippen LogP contribution >= 0.6 is 0 Å². The number of rotatable bonds is 13. The Balaban J connectivity index is 1.61. The van der Waals surface area contributed by atoms with Crippen LogP contribution < -0.4 is 20.1 Å². The van der Waals surface area contributed by atoms with E-state index in [4.69, 9.17) is 0 Å². The summed E-state index contributed by atoms with van der Waals surface area (Å²) in [6, 6.07) is 11.2. The maximum absolute atomic E-state index is 12.3. The van der Waals surface area contributed by atoms with Crippen molar-refractivity contribution < 1.29 is 26.4 Å². The van der Waals surface area contributed by atoms with Gasteiger partial charge in [0.15, 0.2) is 0 Å². The second-order valence-corrected chi connectivity index (χ2v) is 11.5. The van der Waals surface area contributed by atoms with E-state index in [1.807, 2.05) is 35.4 Å². The molecule has 0 aliphatic carbocycles. The summed E-state index contributed by atoms with van der Waals surface area (Å²) in [7, 11) is -7.88. The van der Waals surface area contributed by atoms with Gasteiger partial charge in [-0.2, -0.15) is 0 Å². The van der Waals surface area contributed by atoms with Gasteiger partial charge in [-0.3, -0.25) is 0 Å². The zero-order valence-electron chi connectivity index (χ0n) is 20.5. The summed E-state index contributed by atoms with van der Waals surface area (Å²) in [4.78, 5) is 24.0. The highest BCUT2D eigenvalue weighted by molar-refractivity contribution is 7.90. The van der Waals surface area contributed by atoms with Crippen molar-refractivity contribution in [2.24, 2.45) is 0 Å². The Morgan fingerprint density at radius 2 is 1.03 bits per heavy atom. The first-order valence-corrected chi connectivity index (χ1v) is 14.8. The van der Waals surface area contributed by atoms with E-state index >= 15 is 0 Å². The number of hydrogen-bond acceptors (Lipinski definition) is 6. The zero-order chi connectivity index (χ0) is 26.6. The van der Waals surface area contributed by atoms with Gasteiger partial charge in [-0.25, -0.2) is 35.9 Å². The Kier molecular flexibility index (Phi) is 11.2. The van der Waals surface area contributed by atoms with Gasteiger partial charge in [0.1, 0.15) is 0 Å². The fourth-order valence-corrected chi connectivity index (χ4v) is 5.30. The number of sulfonamides is 2. The molecule has 10 nitrogen and oxygen atoms in total. The fourth-order valence-electron chi connectivity index (χ4n) is 3.31. The summed E-state index contributed by atoms with van der Waals surface area (Å²) >= 11 is 0. The molecule has 0 saturated heterocycles. The van der Waals surface area contributed by atoms with Crippen molar-refractivity contribution in [1.29, 1.82) is 0 Å². The predicted octanol–water partition coefficient (Wildman–Crippen LogP) is 3.05. The molecule has 0 aliphatic heterocycles. The molecule has 0 atom stereocenters. The van der Waals surface area contributed by atoms with Crippen molar-refractivity contribution >= 4 is 32.1 Å². The van der Waals surface area contributed by atoms with Gasteiger partial charge in [-0.15, -0.1) is 0 Å². The molecule has 198 valence electrons. The van der Waals surface area contributed by atoms with E-state index in [2.05, 4.69) is 10.6 Å². The van der Waals surface area contributed by atoms with Crippen LogP contribution in [-0.4, -0.2) is 42.0 Å². The summed E-state index contributed by atoms with van der Waals surface area (Å²) in [6.07, 6.45) is 4.07. The molecule has 2 aromatic carbocycles. The largest absolute Gasteiger partial charge is 0.337 e. The Bertz CT molecular complexity index is 1150.